The van der Waals surface area contributed by atoms with Gasteiger partial charge in [0.25, 0.3) is 15.9 Å². The van der Waals surface area contributed by atoms with Gasteiger partial charge in [-0.3, -0.25) is 4.79 Å². The molecule has 1 saturated heterocycles. The average Bonchev–Trinajstić information content (AvgIpc) is 3.44. The van der Waals surface area contributed by atoms with Gasteiger partial charge in [0, 0.05) is 31.9 Å². The molecule has 11 nitrogen and oxygen atoms in total. The van der Waals surface area contributed by atoms with Gasteiger partial charge in [0.2, 0.25) is 5.82 Å². The maximum Gasteiger partial charge on any atom is 0.309 e. The van der Waals surface area contributed by atoms with Gasteiger partial charge in [-0.05, 0) is 31.9 Å². The molecule has 1 fully saturated rings. The van der Waals surface area contributed by atoms with Crippen molar-refractivity contribution in [3.05, 3.63) is 42.2 Å². The molecule has 0 radical (unpaired) electrons. The monoisotopic (exact) mass is 475 g/mol. The van der Waals surface area contributed by atoms with E-state index >= 15 is 0 Å². The Balaban J connectivity index is 1.30. The van der Waals surface area contributed by atoms with Gasteiger partial charge in [-0.15, -0.1) is 0 Å². The lowest BCUT2D eigenvalue weighted by molar-refractivity contribution is -0.152. The van der Waals surface area contributed by atoms with Crippen molar-refractivity contribution >= 4 is 16.0 Å². The van der Waals surface area contributed by atoms with Gasteiger partial charge in [-0.1, -0.05) is 17.3 Å². The Hall–Kier alpha value is -3.25. The Bertz CT molecular complexity index is 1220. The molecule has 0 saturated carbocycles. The van der Waals surface area contributed by atoms with E-state index in [1.807, 2.05) is 12.1 Å². The molecule has 2 aromatic heterocycles. The van der Waals surface area contributed by atoms with Crippen LogP contribution in [0.15, 0.2) is 40.0 Å². The number of sulfonamides is 1. The molecule has 0 N–H and O–H groups in total. The molecule has 0 bridgehead atoms. The largest absolute Gasteiger partial charge is 0.497 e. The Labute approximate surface area is 191 Å². The predicted molar refractivity (Wildman–Crippen MR) is 116 cm³/mol. The van der Waals surface area contributed by atoms with Crippen LogP contribution in [0.2, 0.25) is 0 Å². The molecule has 3 heterocycles. The first-order valence-electron chi connectivity index (χ1n) is 10.4. The fourth-order valence-electron chi connectivity index (χ4n) is 3.56. The zero-order valence-electron chi connectivity index (χ0n) is 18.6. The summed E-state index contributed by atoms with van der Waals surface area (Å²) >= 11 is 0. The lowest BCUT2D eigenvalue weighted by Gasteiger charge is -2.29. The van der Waals surface area contributed by atoms with Crippen LogP contribution in [-0.2, 0) is 33.2 Å². The molecule has 1 aromatic carbocycles. The van der Waals surface area contributed by atoms with Crippen molar-refractivity contribution in [2.75, 3.05) is 20.2 Å². The van der Waals surface area contributed by atoms with Crippen LogP contribution in [-0.4, -0.2) is 58.6 Å². The fraction of sp³-hybridized carbons (Fsp3) is 0.429. The number of piperidine rings is 1. The number of carbonyl (C=O) groups is 1. The number of ether oxygens (including phenoxy) is 2. The van der Waals surface area contributed by atoms with E-state index in [0.717, 1.165) is 0 Å². The third-order valence-electron chi connectivity index (χ3n) is 5.61. The van der Waals surface area contributed by atoms with E-state index in [4.69, 9.17) is 14.0 Å². The Morgan fingerprint density at radius 1 is 1.24 bits per heavy atom. The quantitative estimate of drug-likeness (QED) is 0.471. The molecule has 1 aliphatic rings. The van der Waals surface area contributed by atoms with Crippen LogP contribution in [0.3, 0.4) is 0 Å². The van der Waals surface area contributed by atoms with Crippen LogP contribution < -0.4 is 4.74 Å². The van der Waals surface area contributed by atoms with E-state index in [2.05, 4.69) is 15.1 Å². The smallest absolute Gasteiger partial charge is 0.309 e. The highest BCUT2D eigenvalue weighted by Gasteiger charge is 2.34. The van der Waals surface area contributed by atoms with Crippen molar-refractivity contribution in [2.24, 2.45) is 13.0 Å². The van der Waals surface area contributed by atoms with Crippen LogP contribution in [0.1, 0.15) is 24.6 Å². The second-order valence-corrected chi connectivity index (χ2v) is 9.65. The minimum absolute atomic E-state index is 0.0201. The van der Waals surface area contributed by atoms with E-state index in [-0.39, 0.29) is 30.6 Å². The molecule has 0 unspecified atom stereocenters. The van der Waals surface area contributed by atoms with Crippen molar-refractivity contribution < 1.29 is 27.2 Å². The Kier molecular flexibility index (Phi) is 6.47. The van der Waals surface area contributed by atoms with E-state index in [0.29, 0.717) is 35.8 Å². The fourth-order valence-corrected chi connectivity index (χ4v) is 5.05. The Morgan fingerprint density at radius 3 is 2.67 bits per heavy atom. The molecule has 176 valence electrons. The number of rotatable bonds is 7. The highest BCUT2D eigenvalue weighted by Crippen LogP contribution is 2.25. The third kappa shape index (κ3) is 4.91. The number of methoxy groups -OCH3 is 1. The first-order valence-corrected chi connectivity index (χ1v) is 11.9. The lowest BCUT2D eigenvalue weighted by Crippen LogP contribution is -2.40. The molecule has 3 aromatic rings. The summed E-state index contributed by atoms with van der Waals surface area (Å²) in [7, 11) is -0.378. The van der Waals surface area contributed by atoms with Gasteiger partial charge in [-0.2, -0.15) is 9.29 Å². The minimum Gasteiger partial charge on any atom is -0.497 e. The minimum atomic E-state index is -3.69. The van der Waals surface area contributed by atoms with E-state index in [1.165, 1.54) is 10.5 Å². The number of hydrogen-bond donors (Lipinski definition) is 0. The number of benzene rings is 1. The summed E-state index contributed by atoms with van der Waals surface area (Å²) < 4.78 is 44.3. The van der Waals surface area contributed by atoms with Crippen molar-refractivity contribution in [3.63, 3.8) is 0 Å². The van der Waals surface area contributed by atoms with Crippen molar-refractivity contribution in [2.45, 2.75) is 31.4 Å². The van der Waals surface area contributed by atoms with Crippen LogP contribution in [0.4, 0.5) is 0 Å². The zero-order chi connectivity index (χ0) is 23.6. The summed E-state index contributed by atoms with van der Waals surface area (Å²) in [4.78, 5) is 20.9. The highest BCUT2D eigenvalue weighted by molar-refractivity contribution is 7.89. The van der Waals surface area contributed by atoms with Gasteiger partial charge < -0.3 is 18.6 Å². The number of imidazole rings is 1. The summed E-state index contributed by atoms with van der Waals surface area (Å²) in [5, 5.41) is 3.93. The number of hydrogen-bond acceptors (Lipinski definition) is 9. The third-order valence-corrected chi connectivity index (χ3v) is 7.38. The molecule has 0 atom stereocenters. The SMILES string of the molecule is COc1cccc(-c2noc(COC(=O)C3CCN(S(=O)(=O)c4cn(C)c(C)n4)CC3)n2)c1. The van der Waals surface area contributed by atoms with Crippen LogP contribution in [0, 0.1) is 12.8 Å². The van der Waals surface area contributed by atoms with Crippen LogP contribution >= 0.6 is 0 Å². The van der Waals surface area contributed by atoms with Gasteiger partial charge in [0.15, 0.2) is 11.6 Å². The summed E-state index contributed by atoms with van der Waals surface area (Å²) in [5.74, 6) is 0.999. The van der Waals surface area contributed by atoms with Crippen molar-refractivity contribution in [1.82, 2.24) is 24.0 Å². The van der Waals surface area contributed by atoms with Gasteiger partial charge in [-0.25, -0.2) is 13.4 Å². The maximum atomic E-state index is 12.8. The number of carbonyl (C=O) groups excluding carboxylic acids is 1. The van der Waals surface area contributed by atoms with Crippen LogP contribution in [0.5, 0.6) is 5.75 Å². The standard InChI is InChI=1S/C21H25N5O6S/c1-14-22-19(12-25(14)2)33(28,29)26-9-7-15(8-10-26)21(27)31-13-18-23-20(24-32-18)16-5-4-6-17(11-16)30-3/h4-6,11-12,15H,7-10,13H2,1-3H3. The molecule has 0 aliphatic carbocycles. The molecular formula is C21H25N5O6S. The number of esters is 1. The predicted octanol–water partition coefficient (Wildman–Crippen LogP) is 1.93. The zero-order valence-corrected chi connectivity index (χ0v) is 19.4. The van der Waals surface area contributed by atoms with Crippen molar-refractivity contribution in [1.29, 1.82) is 0 Å². The number of nitrogens with zero attached hydrogens (tertiary/aromatic N) is 5. The molecule has 4 rings (SSSR count). The second kappa shape index (κ2) is 9.32. The molecule has 12 heteroatoms. The topological polar surface area (TPSA) is 130 Å². The first-order chi connectivity index (χ1) is 15.8. The molecule has 1 aliphatic heterocycles. The first kappa shape index (κ1) is 22.9. The summed E-state index contributed by atoms with van der Waals surface area (Å²) in [6, 6.07) is 7.21. The van der Waals surface area contributed by atoms with E-state index in [9.17, 15) is 13.2 Å². The molecular weight excluding hydrogens is 450 g/mol. The Morgan fingerprint density at radius 2 is 2.00 bits per heavy atom. The van der Waals surface area contributed by atoms with E-state index in [1.54, 1.807) is 37.8 Å². The van der Waals surface area contributed by atoms with Gasteiger partial charge in [0.05, 0.1) is 13.0 Å². The van der Waals surface area contributed by atoms with Gasteiger partial charge >= 0.3 is 5.97 Å². The maximum absolute atomic E-state index is 12.8. The normalized spacial score (nSPS) is 15.5. The van der Waals surface area contributed by atoms with E-state index < -0.39 is 21.9 Å². The number of aryl methyl sites for hydroxylation is 2. The van der Waals surface area contributed by atoms with Gasteiger partial charge in [0.1, 0.15) is 11.6 Å². The second-order valence-electron chi connectivity index (χ2n) is 7.77. The summed E-state index contributed by atoms with van der Waals surface area (Å²) in [5.41, 5.74) is 0.715. The molecule has 0 spiro atoms. The van der Waals surface area contributed by atoms with Crippen molar-refractivity contribution in [3.8, 4) is 17.1 Å². The van der Waals surface area contributed by atoms with Crippen LogP contribution in [0.25, 0.3) is 11.4 Å². The summed E-state index contributed by atoms with van der Waals surface area (Å²) in [6.45, 7) is 2.03. The molecule has 0 amide bonds. The molecule has 33 heavy (non-hydrogen) atoms. The average molecular weight is 476 g/mol. The lowest BCUT2D eigenvalue weighted by atomic mass is 9.98. The highest BCUT2D eigenvalue weighted by atomic mass is 32.2. The number of aromatic nitrogens is 4. The summed E-state index contributed by atoms with van der Waals surface area (Å²) in [6.07, 6.45) is 2.22.